The van der Waals surface area contributed by atoms with Crippen LogP contribution < -0.4 is 4.74 Å². The molecule has 0 aliphatic heterocycles. The summed E-state index contributed by atoms with van der Waals surface area (Å²) < 4.78 is 11.5. The van der Waals surface area contributed by atoms with Gasteiger partial charge in [-0.15, -0.1) is 6.58 Å². The molecular weight excluding hydrogens is 388 g/mol. The molecule has 2 rings (SSSR count). The maximum atomic E-state index is 12.4. The third-order valence-electron chi connectivity index (χ3n) is 5.48. The van der Waals surface area contributed by atoms with Crippen molar-refractivity contribution in [3.63, 3.8) is 0 Å². The maximum absolute atomic E-state index is 12.4. The number of carbonyl (C=O) groups excluding carboxylic acids is 1. The highest BCUT2D eigenvalue weighted by atomic mass is 35.5. The number of likely N-dealkylation sites (N-methyl/N-ethyl adjacent to an activating group) is 1. The minimum atomic E-state index is -0.321. The standard InChI is InChI=1S/C23H35ClN2O3/c1-4-16-25(2)17-6-5-7-18-28-21-14-10-20(11-15-21)26(3)23(27)29-22-12-8-19(24)9-13-22/h4,8-9,12-13,20-21H,1,5-7,10-11,14-18H2,2-3H3/t20-,21-. The number of amides is 1. The maximum Gasteiger partial charge on any atom is 0.415 e. The van der Waals surface area contributed by atoms with Crippen LogP contribution in [0.4, 0.5) is 4.79 Å². The van der Waals surface area contributed by atoms with E-state index in [1.165, 1.54) is 12.8 Å². The van der Waals surface area contributed by atoms with Gasteiger partial charge in [0, 0.05) is 31.3 Å². The van der Waals surface area contributed by atoms with Gasteiger partial charge in [-0.05, 0) is 82.8 Å². The number of benzene rings is 1. The Morgan fingerprint density at radius 2 is 1.83 bits per heavy atom. The van der Waals surface area contributed by atoms with Gasteiger partial charge in [-0.2, -0.15) is 0 Å². The average molecular weight is 423 g/mol. The minimum absolute atomic E-state index is 0.204. The lowest BCUT2D eigenvalue weighted by molar-refractivity contribution is 0.0104. The fraction of sp³-hybridized carbons (Fsp3) is 0.609. The Bertz CT molecular complexity index is 615. The molecule has 5 nitrogen and oxygen atoms in total. The predicted octanol–water partition coefficient (Wildman–Crippen LogP) is 5.39. The van der Waals surface area contributed by atoms with Crippen molar-refractivity contribution in [3.05, 3.63) is 41.9 Å². The Morgan fingerprint density at radius 1 is 1.14 bits per heavy atom. The highest BCUT2D eigenvalue weighted by Gasteiger charge is 2.27. The van der Waals surface area contributed by atoms with Gasteiger partial charge in [-0.3, -0.25) is 0 Å². The van der Waals surface area contributed by atoms with Gasteiger partial charge in [-0.1, -0.05) is 17.7 Å². The zero-order valence-electron chi connectivity index (χ0n) is 17.8. The van der Waals surface area contributed by atoms with Crippen LogP contribution in [0, 0.1) is 0 Å². The highest BCUT2D eigenvalue weighted by molar-refractivity contribution is 6.30. The lowest BCUT2D eigenvalue weighted by Gasteiger charge is -2.34. The van der Waals surface area contributed by atoms with Crippen molar-refractivity contribution in [3.8, 4) is 5.75 Å². The molecule has 1 aliphatic rings. The Morgan fingerprint density at radius 3 is 2.48 bits per heavy atom. The first-order valence-corrected chi connectivity index (χ1v) is 11.0. The molecule has 1 saturated carbocycles. The van der Waals surface area contributed by atoms with Crippen LogP contribution in [0.15, 0.2) is 36.9 Å². The van der Waals surface area contributed by atoms with Crippen LogP contribution in [0.5, 0.6) is 5.75 Å². The third kappa shape index (κ3) is 8.77. The molecule has 0 radical (unpaired) electrons. The Balaban J connectivity index is 1.58. The Kier molecular flexibility index (Phi) is 10.5. The monoisotopic (exact) mass is 422 g/mol. The summed E-state index contributed by atoms with van der Waals surface area (Å²) in [5, 5.41) is 0.622. The molecule has 1 aromatic carbocycles. The van der Waals surface area contributed by atoms with E-state index in [0.29, 0.717) is 16.9 Å². The van der Waals surface area contributed by atoms with Crippen LogP contribution in [0.25, 0.3) is 0 Å². The SMILES string of the molecule is C=CCN(C)CCCCCO[C@H]1CC[C@H](N(C)C(=O)Oc2ccc(Cl)cc2)CC1. The van der Waals surface area contributed by atoms with Crippen LogP contribution in [0.3, 0.4) is 0 Å². The number of unbranched alkanes of at least 4 members (excludes halogenated alkanes) is 2. The van der Waals surface area contributed by atoms with Crippen molar-refractivity contribution < 1.29 is 14.3 Å². The van der Waals surface area contributed by atoms with E-state index in [1.807, 2.05) is 13.1 Å². The minimum Gasteiger partial charge on any atom is -0.410 e. The topological polar surface area (TPSA) is 42.0 Å². The summed E-state index contributed by atoms with van der Waals surface area (Å²) in [4.78, 5) is 16.4. The van der Waals surface area contributed by atoms with Crippen molar-refractivity contribution in [2.45, 2.75) is 57.1 Å². The zero-order valence-corrected chi connectivity index (χ0v) is 18.6. The number of rotatable bonds is 11. The van der Waals surface area contributed by atoms with Gasteiger partial charge in [0.25, 0.3) is 0 Å². The van der Waals surface area contributed by atoms with E-state index in [9.17, 15) is 4.79 Å². The van der Waals surface area contributed by atoms with Gasteiger partial charge in [0.2, 0.25) is 0 Å². The largest absolute Gasteiger partial charge is 0.415 e. The van der Waals surface area contributed by atoms with Crippen molar-refractivity contribution in [2.75, 3.05) is 33.8 Å². The van der Waals surface area contributed by atoms with Crippen molar-refractivity contribution in [2.24, 2.45) is 0 Å². The first-order chi connectivity index (χ1) is 14.0. The molecular formula is C23H35ClN2O3. The quantitative estimate of drug-likeness (QED) is 0.354. The van der Waals surface area contributed by atoms with E-state index in [4.69, 9.17) is 21.1 Å². The molecule has 0 bridgehead atoms. The Labute approximate surface area is 180 Å². The van der Waals surface area contributed by atoms with E-state index in [2.05, 4.69) is 18.5 Å². The second-order valence-electron chi connectivity index (χ2n) is 7.85. The van der Waals surface area contributed by atoms with Crippen LogP contribution in [-0.4, -0.2) is 61.8 Å². The first-order valence-electron chi connectivity index (χ1n) is 10.6. The van der Waals surface area contributed by atoms with E-state index in [1.54, 1.807) is 29.2 Å². The molecule has 1 fully saturated rings. The van der Waals surface area contributed by atoms with Gasteiger partial charge in [0.1, 0.15) is 5.75 Å². The fourth-order valence-electron chi connectivity index (χ4n) is 3.65. The lowest BCUT2D eigenvalue weighted by Crippen LogP contribution is -2.42. The van der Waals surface area contributed by atoms with Crippen LogP contribution >= 0.6 is 11.6 Å². The van der Waals surface area contributed by atoms with Crippen molar-refractivity contribution in [1.29, 1.82) is 0 Å². The average Bonchev–Trinajstić information content (AvgIpc) is 2.72. The summed E-state index contributed by atoms with van der Waals surface area (Å²) >= 11 is 5.86. The predicted molar refractivity (Wildman–Crippen MR) is 119 cm³/mol. The number of hydrogen-bond acceptors (Lipinski definition) is 4. The second-order valence-corrected chi connectivity index (χ2v) is 8.28. The molecule has 0 heterocycles. The molecule has 0 N–H and O–H groups in total. The summed E-state index contributed by atoms with van der Waals surface area (Å²) in [6, 6.07) is 7.04. The molecule has 0 saturated heterocycles. The van der Waals surface area contributed by atoms with Crippen LogP contribution in [0.1, 0.15) is 44.9 Å². The molecule has 0 spiro atoms. The number of halogens is 1. The summed E-state index contributed by atoms with van der Waals surface area (Å²) in [6.45, 7) is 6.64. The van der Waals surface area contributed by atoms with E-state index in [0.717, 1.165) is 51.8 Å². The summed E-state index contributed by atoms with van der Waals surface area (Å²) in [5.41, 5.74) is 0. The van der Waals surface area contributed by atoms with E-state index < -0.39 is 0 Å². The molecule has 1 aliphatic carbocycles. The first kappa shape index (κ1) is 23.7. The summed E-state index contributed by atoms with van der Waals surface area (Å²) in [6.07, 6.45) is 9.30. The Hall–Kier alpha value is -1.56. The van der Waals surface area contributed by atoms with Crippen molar-refractivity contribution in [1.82, 2.24) is 9.80 Å². The molecule has 0 aromatic heterocycles. The van der Waals surface area contributed by atoms with Gasteiger partial charge in [-0.25, -0.2) is 4.79 Å². The molecule has 1 aromatic rings. The van der Waals surface area contributed by atoms with Crippen molar-refractivity contribution >= 4 is 17.7 Å². The van der Waals surface area contributed by atoms with Gasteiger partial charge in [0.15, 0.2) is 0 Å². The lowest BCUT2D eigenvalue weighted by atomic mass is 9.92. The zero-order chi connectivity index (χ0) is 21.1. The van der Waals surface area contributed by atoms with Crippen LogP contribution in [-0.2, 0) is 4.74 Å². The number of carbonyl (C=O) groups is 1. The fourth-order valence-corrected chi connectivity index (χ4v) is 3.77. The molecule has 1 amide bonds. The highest BCUT2D eigenvalue weighted by Crippen LogP contribution is 2.26. The number of hydrogen-bond donors (Lipinski definition) is 0. The smallest absolute Gasteiger partial charge is 0.410 e. The molecule has 0 unspecified atom stereocenters. The molecule has 162 valence electrons. The van der Waals surface area contributed by atoms with Crippen LogP contribution in [0.2, 0.25) is 5.02 Å². The number of ether oxygens (including phenoxy) is 2. The summed E-state index contributed by atoms with van der Waals surface area (Å²) in [7, 11) is 3.94. The normalized spacial score (nSPS) is 19.2. The molecule has 6 heteroatoms. The van der Waals surface area contributed by atoms with E-state index >= 15 is 0 Å². The molecule has 0 atom stereocenters. The molecule has 29 heavy (non-hydrogen) atoms. The van der Waals surface area contributed by atoms with Gasteiger partial charge >= 0.3 is 6.09 Å². The number of nitrogens with zero attached hydrogens (tertiary/aromatic N) is 2. The third-order valence-corrected chi connectivity index (χ3v) is 5.73. The van der Waals surface area contributed by atoms with Gasteiger partial charge in [0.05, 0.1) is 6.10 Å². The summed E-state index contributed by atoms with van der Waals surface area (Å²) in [5.74, 6) is 0.513. The van der Waals surface area contributed by atoms with E-state index in [-0.39, 0.29) is 12.1 Å². The second kappa shape index (κ2) is 12.9. The van der Waals surface area contributed by atoms with Gasteiger partial charge < -0.3 is 19.3 Å².